The van der Waals surface area contributed by atoms with Crippen molar-refractivity contribution in [2.45, 2.75) is 85.9 Å². The quantitative estimate of drug-likeness (QED) is 0.600. The minimum atomic E-state index is -0.798. The van der Waals surface area contributed by atoms with Gasteiger partial charge in [-0.1, -0.05) is 34.6 Å². The molecule has 9 nitrogen and oxygen atoms in total. The summed E-state index contributed by atoms with van der Waals surface area (Å²) in [6.07, 6.45) is 6.32. The number of rotatable bonds is 6. The lowest BCUT2D eigenvalue weighted by atomic mass is 9.82. The molecule has 3 amide bonds. The molecule has 3 rings (SSSR count). The number of alkyl carbamates (subject to hydrolysis) is 1. The molecule has 2 N–H and O–H groups in total. The van der Waals surface area contributed by atoms with E-state index in [1.54, 1.807) is 33.3 Å². The number of amides is 3. The van der Waals surface area contributed by atoms with Crippen molar-refractivity contribution in [2.24, 2.45) is 17.3 Å². The van der Waals surface area contributed by atoms with Gasteiger partial charge in [0.15, 0.2) is 0 Å². The molecule has 0 unspecified atom stereocenters. The summed E-state index contributed by atoms with van der Waals surface area (Å²) in [6, 6.07) is 2.62. The first kappa shape index (κ1) is 28.5. The van der Waals surface area contributed by atoms with Crippen LogP contribution in [0.5, 0.6) is 0 Å². The van der Waals surface area contributed by atoms with Crippen LogP contribution in [0.1, 0.15) is 78.6 Å². The van der Waals surface area contributed by atoms with Gasteiger partial charge in [0.05, 0.1) is 23.6 Å². The molecule has 1 fully saturated rings. The fraction of sp³-hybridized carbons (Fsp3) is 0.643. The Morgan fingerprint density at radius 1 is 1.16 bits per heavy atom. The Bertz CT molecular complexity index is 1110. The first-order chi connectivity index (χ1) is 17.2. The van der Waals surface area contributed by atoms with Crippen molar-refractivity contribution in [2.75, 3.05) is 13.1 Å². The zero-order chi connectivity index (χ0) is 27.5. The molecule has 0 saturated carbocycles. The fourth-order valence-electron chi connectivity index (χ4n) is 4.90. The predicted molar refractivity (Wildman–Crippen MR) is 143 cm³/mol. The fourth-order valence-corrected chi connectivity index (χ4v) is 4.90. The summed E-state index contributed by atoms with van der Waals surface area (Å²) in [5, 5.41) is 5.97. The van der Waals surface area contributed by atoms with Gasteiger partial charge in [0.1, 0.15) is 11.6 Å². The van der Waals surface area contributed by atoms with Crippen LogP contribution in [-0.2, 0) is 9.53 Å². The summed E-state index contributed by atoms with van der Waals surface area (Å²) in [5.41, 5.74) is 0.128. The number of piperidine rings is 1. The maximum Gasteiger partial charge on any atom is 0.408 e. The molecule has 3 heterocycles. The number of aromatic nitrogens is 2. The third-order valence-electron chi connectivity index (χ3n) is 6.62. The van der Waals surface area contributed by atoms with Crippen molar-refractivity contribution < 1.29 is 19.1 Å². The molecule has 2 aromatic heterocycles. The predicted octanol–water partition coefficient (Wildman–Crippen LogP) is 4.27. The Kier molecular flexibility index (Phi) is 8.55. The Morgan fingerprint density at radius 3 is 2.49 bits per heavy atom. The molecule has 0 aromatic carbocycles. The number of likely N-dealkylation sites (tertiary alicyclic amines) is 1. The summed E-state index contributed by atoms with van der Waals surface area (Å²) in [6.45, 7) is 16.4. The number of imidazole rings is 1. The molecule has 0 spiro atoms. The van der Waals surface area contributed by atoms with E-state index < -0.39 is 23.2 Å². The molecular formula is C28H43N5O4. The highest BCUT2D eigenvalue weighted by molar-refractivity contribution is 6.00. The molecule has 0 radical (unpaired) electrons. The molecular weight excluding hydrogens is 470 g/mol. The number of hydrogen-bond acceptors (Lipinski definition) is 5. The normalized spacial score (nSPS) is 19.5. The van der Waals surface area contributed by atoms with E-state index in [0.717, 1.165) is 18.4 Å². The lowest BCUT2D eigenvalue weighted by Crippen LogP contribution is -2.60. The number of nitrogens with one attached hydrogen (secondary N) is 2. The van der Waals surface area contributed by atoms with Crippen molar-refractivity contribution in [3.63, 3.8) is 0 Å². The van der Waals surface area contributed by atoms with E-state index in [4.69, 9.17) is 4.74 Å². The van der Waals surface area contributed by atoms with Crippen LogP contribution in [-0.4, -0.2) is 63.0 Å². The maximum absolute atomic E-state index is 13.6. The molecule has 204 valence electrons. The average Bonchev–Trinajstić information content (AvgIpc) is 3.25. The van der Waals surface area contributed by atoms with Gasteiger partial charge in [0.25, 0.3) is 5.91 Å². The molecule has 2 aromatic rings. The van der Waals surface area contributed by atoms with E-state index in [2.05, 4.69) is 29.5 Å². The lowest BCUT2D eigenvalue weighted by Gasteiger charge is -2.41. The van der Waals surface area contributed by atoms with Gasteiger partial charge < -0.3 is 24.7 Å². The summed E-state index contributed by atoms with van der Waals surface area (Å²) in [4.78, 5) is 45.6. The van der Waals surface area contributed by atoms with E-state index in [9.17, 15) is 14.4 Å². The van der Waals surface area contributed by atoms with E-state index in [1.165, 1.54) is 0 Å². The minimum absolute atomic E-state index is 0.0763. The number of pyridine rings is 1. The van der Waals surface area contributed by atoms with E-state index >= 15 is 0 Å². The van der Waals surface area contributed by atoms with E-state index in [-0.39, 0.29) is 23.8 Å². The Morgan fingerprint density at radius 2 is 1.86 bits per heavy atom. The second-order valence-corrected chi connectivity index (χ2v) is 12.6. The zero-order valence-electron chi connectivity index (χ0n) is 23.5. The molecule has 3 atom stereocenters. The van der Waals surface area contributed by atoms with Crippen LogP contribution in [0.4, 0.5) is 4.79 Å². The summed E-state index contributed by atoms with van der Waals surface area (Å²) in [7, 11) is 0. The van der Waals surface area contributed by atoms with E-state index in [1.807, 2.05) is 48.4 Å². The molecule has 1 aliphatic rings. The number of hydrogen-bond donors (Lipinski definition) is 2. The highest BCUT2D eigenvalue weighted by Gasteiger charge is 2.39. The third kappa shape index (κ3) is 7.46. The summed E-state index contributed by atoms with van der Waals surface area (Å²) >= 11 is 0. The second kappa shape index (κ2) is 11.1. The van der Waals surface area contributed by atoms with Crippen molar-refractivity contribution in [3.8, 4) is 0 Å². The van der Waals surface area contributed by atoms with Crippen LogP contribution < -0.4 is 10.6 Å². The lowest BCUT2D eigenvalue weighted by molar-refractivity contribution is -0.127. The van der Waals surface area contributed by atoms with Crippen LogP contribution >= 0.6 is 0 Å². The van der Waals surface area contributed by atoms with Crippen molar-refractivity contribution >= 4 is 23.4 Å². The highest BCUT2D eigenvalue weighted by atomic mass is 16.6. The van der Waals surface area contributed by atoms with Crippen LogP contribution in [0.15, 0.2) is 30.9 Å². The molecule has 0 bridgehead atoms. The van der Waals surface area contributed by atoms with Gasteiger partial charge in [-0.2, -0.15) is 0 Å². The number of ether oxygens (including phenoxy) is 1. The van der Waals surface area contributed by atoms with Gasteiger partial charge in [-0.3, -0.25) is 9.59 Å². The van der Waals surface area contributed by atoms with Gasteiger partial charge in [-0.05, 0) is 63.0 Å². The minimum Gasteiger partial charge on any atom is -0.444 e. The van der Waals surface area contributed by atoms with Crippen LogP contribution in [0.25, 0.3) is 5.52 Å². The molecule has 37 heavy (non-hydrogen) atoms. The van der Waals surface area contributed by atoms with Gasteiger partial charge in [0.2, 0.25) is 5.91 Å². The number of nitrogens with zero attached hydrogens (tertiary/aromatic N) is 3. The number of carbonyl (C=O) groups excluding carboxylic acids is 3. The maximum atomic E-state index is 13.6. The van der Waals surface area contributed by atoms with Gasteiger partial charge in [-0.25, -0.2) is 9.78 Å². The largest absolute Gasteiger partial charge is 0.444 e. The Labute approximate surface area is 220 Å². The topological polar surface area (TPSA) is 105 Å². The average molecular weight is 514 g/mol. The van der Waals surface area contributed by atoms with Crippen molar-refractivity contribution in [3.05, 3.63) is 36.4 Å². The van der Waals surface area contributed by atoms with Crippen molar-refractivity contribution in [1.82, 2.24) is 24.9 Å². The molecule has 9 heteroatoms. The second-order valence-electron chi connectivity index (χ2n) is 12.6. The molecule has 1 saturated heterocycles. The number of fused-ring (bicyclic) bond motifs is 1. The molecule has 0 aliphatic carbocycles. The Hall–Kier alpha value is -3.10. The highest BCUT2D eigenvalue weighted by Crippen LogP contribution is 2.28. The smallest absolute Gasteiger partial charge is 0.408 e. The van der Waals surface area contributed by atoms with Crippen LogP contribution in [0, 0.1) is 17.3 Å². The first-order valence-corrected chi connectivity index (χ1v) is 13.2. The van der Waals surface area contributed by atoms with Gasteiger partial charge in [0, 0.05) is 25.3 Å². The monoisotopic (exact) mass is 513 g/mol. The number of carbonyl (C=O) groups is 3. The summed E-state index contributed by atoms with van der Waals surface area (Å²) < 4.78 is 7.24. The standard InChI is InChI=1S/C28H43N5O4/c1-18(2)14-19-11-13-32(25(35)20-10-9-12-33-17-29-15-22(20)33)16-21(19)30-24(34)23(27(3,4)5)31-26(36)37-28(6,7)8/h9-10,12,15,17-19,21,23H,11,13-14,16H2,1-8H3,(H,30,34)(H,31,36)/t19-,21+,23+/m0/s1. The van der Waals surface area contributed by atoms with Crippen LogP contribution in [0.2, 0.25) is 0 Å². The SMILES string of the molecule is CC(C)C[C@@H]1CCN(C(=O)c2cccn3cncc23)C[C@H]1NC(=O)[C@@H](NC(=O)OC(C)(C)C)C(C)(C)C. The first-order valence-electron chi connectivity index (χ1n) is 13.2. The molecule has 1 aliphatic heterocycles. The van der Waals surface area contributed by atoms with Gasteiger partial charge in [-0.15, -0.1) is 0 Å². The third-order valence-corrected chi connectivity index (χ3v) is 6.62. The summed E-state index contributed by atoms with van der Waals surface area (Å²) in [5.74, 6) is 0.323. The van der Waals surface area contributed by atoms with Gasteiger partial charge >= 0.3 is 6.09 Å². The Balaban J connectivity index is 1.80. The van der Waals surface area contributed by atoms with E-state index in [0.29, 0.717) is 24.6 Å². The van der Waals surface area contributed by atoms with Crippen molar-refractivity contribution in [1.29, 1.82) is 0 Å². The van der Waals surface area contributed by atoms with Crippen LogP contribution in [0.3, 0.4) is 0 Å². The zero-order valence-corrected chi connectivity index (χ0v) is 23.5.